The lowest BCUT2D eigenvalue weighted by atomic mass is 10.1. The number of hydrogen-bond donors (Lipinski definition) is 2. The van der Waals surface area contributed by atoms with Crippen molar-refractivity contribution in [1.82, 2.24) is 19.4 Å². The van der Waals surface area contributed by atoms with Crippen molar-refractivity contribution < 1.29 is 19.0 Å². The summed E-state index contributed by atoms with van der Waals surface area (Å²) in [5, 5.41) is 4.43. The van der Waals surface area contributed by atoms with Gasteiger partial charge in [-0.05, 0) is 24.6 Å². The Kier molecular flexibility index (Phi) is 8.97. The molecule has 42 heavy (non-hydrogen) atoms. The first kappa shape index (κ1) is 29.0. The number of ether oxygens (including phenoxy) is 3. The first-order valence-electron chi connectivity index (χ1n) is 14.3. The van der Waals surface area contributed by atoms with Crippen LogP contribution in [0, 0.1) is 0 Å². The number of rotatable bonds is 11. The molecule has 0 spiro atoms. The van der Waals surface area contributed by atoms with Gasteiger partial charge in [0.1, 0.15) is 5.75 Å². The maximum Gasteiger partial charge on any atom is 0.409 e. The van der Waals surface area contributed by atoms with Gasteiger partial charge in [0.2, 0.25) is 5.95 Å². The number of nitrogens with zero attached hydrogens (tertiary/aromatic N) is 5. The summed E-state index contributed by atoms with van der Waals surface area (Å²) in [6.45, 7) is 5.56. The van der Waals surface area contributed by atoms with E-state index in [0.29, 0.717) is 56.0 Å². The third-order valence-electron chi connectivity index (χ3n) is 7.50. The average Bonchev–Trinajstić information content (AvgIpc) is 3.34. The number of para-hydroxylation sites is 1. The van der Waals surface area contributed by atoms with Gasteiger partial charge >= 0.3 is 6.09 Å². The van der Waals surface area contributed by atoms with E-state index in [4.69, 9.17) is 24.9 Å². The highest BCUT2D eigenvalue weighted by molar-refractivity contribution is 5.97. The third-order valence-corrected chi connectivity index (χ3v) is 7.50. The van der Waals surface area contributed by atoms with Gasteiger partial charge in [0, 0.05) is 62.5 Å². The van der Waals surface area contributed by atoms with E-state index >= 15 is 0 Å². The van der Waals surface area contributed by atoms with E-state index in [1.807, 2.05) is 36.2 Å². The lowest BCUT2D eigenvalue weighted by Crippen LogP contribution is -2.35. The van der Waals surface area contributed by atoms with Crippen LogP contribution in [0.15, 0.2) is 48.7 Å². The fourth-order valence-electron chi connectivity index (χ4n) is 5.16. The van der Waals surface area contributed by atoms with Crippen LogP contribution in [0.5, 0.6) is 5.75 Å². The minimum absolute atomic E-state index is 0.328. The maximum absolute atomic E-state index is 12.2. The number of aromatic nitrogens is 3. The Balaban J connectivity index is 1.34. The molecule has 0 atom stereocenters. The van der Waals surface area contributed by atoms with Crippen LogP contribution >= 0.6 is 0 Å². The number of likely N-dealkylation sites (N-methyl/N-ethyl adjacent to an activating group) is 2. The van der Waals surface area contributed by atoms with Crippen LogP contribution in [0.2, 0.25) is 0 Å². The van der Waals surface area contributed by atoms with Crippen LogP contribution < -0.4 is 20.7 Å². The van der Waals surface area contributed by atoms with E-state index in [1.165, 1.54) is 5.52 Å². The Labute approximate surface area is 246 Å². The van der Waals surface area contributed by atoms with E-state index in [1.54, 1.807) is 25.3 Å². The van der Waals surface area contributed by atoms with Crippen molar-refractivity contribution in [2.45, 2.75) is 32.9 Å². The molecule has 3 heterocycles. The molecule has 0 saturated carbocycles. The molecule has 1 amide bonds. The topological polar surface area (TPSA) is 120 Å². The molecule has 0 saturated heterocycles. The minimum atomic E-state index is -0.328. The fraction of sp³-hybridized carbons (Fsp3) is 0.387. The SMILES string of the molecule is CCCCOC(=O)N(C)CCN(C)c1cc(OC)c(Nc2nccc(-c3c4n(c5ccccc35)CCOC4)n2)cc1N. The second-order valence-corrected chi connectivity index (χ2v) is 10.4. The van der Waals surface area contributed by atoms with E-state index in [0.717, 1.165) is 47.4 Å². The van der Waals surface area contributed by atoms with Gasteiger partial charge in [0.25, 0.3) is 0 Å². The average molecular weight is 574 g/mol. The third kappa shape index (κ3) is 6.06. The van der Waals surface area contributed by atoms with Gasteiger partial charge in [-0.3, -0.25) is 0 Å². The number of carbonyl (C=O) groups is 1. The van der Waals surface area contributed by atoms with E-state index in [9.17, 15) is 4.79 Å². The predicted octanol–water partition coefficient (Wildman–Crippen LogP) is 5.27. The molecule has 2 aromatic heterocycles. The van der Waals surface area contributed by atoms with Gasteiger partial charge < -0.3 is 39.6 Å². The minimum Gasteiger partial charge on any atom is -0.494 e. The van der Waals surface area contributed by atoms with Crippen molar-refractivity contribution in [3.05, 3.63) is 54.4 Å². The van der Waals surface area contributed by atoms with E-state index in [2.05, 4.69) is 40.0 Å². The van der Waals surface area contributed by atoms with Crippen LogP contribution in [-0.2, 0) is 22.6 Å². The monoisotopic (exact) mass is 573 g/mol. The van der Waals surface area contributed by atoms with E-state index in [-0.39, 0.29) is 6.09 Å². The van der Waals surface area contributed by atoms with Crippen molar-refractivity contribution >= 4 is 40.0 Å². The first-order valence-corrected chi connectivity index (χ1v) is 14.3. The molecule has 11 nitrogen and oxygen atoms in total. The van der Waals surface area contributed by atoms with Crippen LogP contribution in [0.1, 0.15) is 25.5 Å². The maximum atomic E-state index is 12.2. The lowest BCUT2D eigenvalue weighted by Gasteiger charge is -2.25. The Morgan fingerprint density at radius 1 is 1.19 bits per heavy atom. The highest BCUT2D eigenvalue weighted by atomic mass is 16.6. The zero-order chi connectivity index (χ0) is 29.6. The van der Waals surface area contributed by atoms with Crippen molar-refractivity contribution in [3.63, 3.8) is 0 Å². The lowest BCUT2D eigenvalue weighted by molar-refractivity contribution is 0.0869. The molecule has 0 radical (unpaired) electrons. The number of nitrogens with one attached hydrogen (secondary N) is 1. The molecular formula is C31H39N7O4. The molecule has 5 rings (SSSR count). The molecule has 1 aliphatic rings. The largest absolute Gasteiger partial charge is 0.494 e. The Bertz CT molecular complexity index is 1550. The summed E-state index contributed by atoms with van der Waals surface area (Å²) < 4.78 is 19.1. The smallest absolute Gasteiger partial charge is 0.409 e. The summed E-state index contributed by atoms with van der Waals surface area (Å²) in [7, 11) is 5.26. The van der Waals surface area contributed by atoms with Crippen LogP contribution in [0.4, 0.5) is 27.8 Å². The number of fused-ring (bicyclic) bond motifs is 3. The Morgan fingerprint density at radius 2 is 2.02 bits per heavy atom. The summed E-state index contributed by atoms with van der Waals surface area (Å²) in [5.74, 6) is 1.02. The van der Waals surface area contributed by atoms with E-state index < -0.39 is 0 Å². The fourth-order valence-corrected chi connectivity index (χ4v) is 5.16. The van der Waals surface area contributed by atoms with Gasteiger partial charge in [0.05, 0.1) is 55.4 Å². The molecule has 222 valence electrons. The quantitative estimate of drug-likeness (QED) is 0.183. The molecule has 0 aliphatic carbocycles. The van der Waals surface area contributed by atoms with Gasteiger partial charge in [-0.2, -0.15) is 0 Å². The van der Waals surface area contributed by atoms with Crippen molar-refractivity contribution in [3.8, 4) is 17.0 Å². The van der Waals surface area contributed by atoms with Gasteiger partial charge in [0.15, 0.2) is 0 Å². The Hall–Kier alpha value is -4.51. The highest BCUT2D eigenvalue weighted by Crippen LogP contribution is 2.38. The molecule has 11 heteroatoms. The van der Waals surface area contributed by atoms with Crippen LogP contribution in [0.25, 0.3) is 22.2 Å². The van der Waals surface area contributed by atoms with Crippen molar-refractivity contribution in [1.29, 1.82) is 0 Å². The van der Waals surface area contributed by atoms with Crippen molar-refractivity contribution in [2.24, 2.45) is 0 Å². The molecule has 4 aromatic rings. The number of methoxy groups -OCH3 is 1. The first-order chi connectivity index (χ1) is 20.4. The van der Waals surface area contributed by atoms with Crippen molar-refractivity contribution in [2.75, 3.05) is 63.5 Å². The van der Waals surface area contributed by atoms with Gasteiger partial charge in [-0.1, -0.05) is 31.5 Å². The summed E-state index contributed by atoms with van der Waals surface area (Å²) in [6.07, 6.45) is 3.25. The van der Waals surface area contributed by atoms with Gasteiger partial charge in [-0.25, -0.2) is 14.8 Å². The zero-order valence-corrected chi connectivity index (χ0v) is 24.7. The summed E-state index contributed by atoms with van der Waals surface area (Å²) in [5.41, 5.74) is 12.6. The highest BCUT2D eigenvalue weighted by Gasteiger charge is 2.22. The molecule has 0 unspecified atom stereocenters. The number of hydrogen-bond acceptors (Lipinski definition) is 9. The summed E-state index contributed by atoms with van der Waals surface area (Å²) in [6, 6.07) is 14.0. The number of nitrogens with two attached hydrogens (primary N) is 1. The molecule has 2 aromatic carbocycles. The number of carbonyl (C=O) groups excluding carboxylic acids is 1. The molecular weight excluding hydrogens is 534 g/mol. The standard InChI is InChI=1S/C31H39N7O4/c1-5-6-16-42-31(39)37(3)14-13-36(2)26-19-28(40-4)24(18-22(26)32)35-30-33-12-11-23(34-30)29-21-9-7-8-10-25(21)38-15-17-41-20-27(29)38/h7-12,18-19H,5-6,13-17,20,32H2,1-4H3,(H,33,34,35). The number of unbranched alkanes of at least 4 members (excludes halogenated alkanes) is 1. The zero-order valence-electron chi connectivity index (χ0n) is 24.7. The predicted molar refractivity (Wildman–Crippen MR) is 165 cm³/mol. The Morgan fingerprint density at radius 3 is 2.83 bits per heavy atom. The number of anilines is 4. The molecule has 0 fully saturated rings. The second-order valence-electron chi connectivity index (χ2n) is 10.4. The second kappa shape index (κ2) is 13.0. The van der Waals surface area contributed by atoms with Gasteiger partial charge in [-0.15, -0.1) is 0 Å². The summed E-state index contributed by atoms with van der Waals surface area (Å²) >= 11 is 0. The molecule has 0 bridgehead atoms. The number of amides is 1. The molecule has 1 aliphatic heterocycles. The van der Waals surface area contributed by atoms with Crippen LogP contribution in [-0.4, -0.2) is 73.0 Å². The normalized spacial score (nSPS) is 12.6. The number of nitrogen functional groups attached to an aromatic ring is 1. The molecule has 3 N–H and O–H groups in total. The number of benzene rings is 2. The summed E-state index contributed by atoms with van der Waals surface area (Å²) in [4.78, 5) is 25.1. The van der Waals surface area contributed by atoms with Crippen LogP contribution in [0.3, 0.4) is 0 Å².